The molecule has 29 heavy (non-hydrogen) atoms. The number of ether oxygens (including phenoxy) is 1. The third-order valence-electron chi connectivity index (χ3n) is 5.30. The van der Waals surface area contributed by atoms with Crippen molar-refractivity contribution >= 4 is 11.8 Å². The second-order valence-corrected chi connectivity index (χ2v) is 7.92. The van der Waals surface area contributed by atoms with Gasteiger partial charge in [-0.2, -0.15) is 0 Å². The molecule has 0 aliphatic rings. The molecule has 0 aromatic heterocycles. The van der Waals surface area contributed by atoms with Crippen LogP contribution in [0.15, 0.2) is 42.5 Å². The number of Topliss-reactive ketones (excluding diaryl/α,β-unsaturated/α-hetero) is 1. The lowest BCUT2D eigenvalue weighted by molar-refractivity contribution is -0.144. The monoisotopic (exact) mass is 394 g/mol. The number of aryl methyl sites for hydroxylation is 3. The molecule has 1 unspecified atom stereocenters. The number of carbonyl (C=O) groups excluding carboxylic acids is 2. The topological polar surface area (TPSA) is 43.4 Å². The average molecular weight is 395 g/mol. The molecule has 0 radical (unpaired) electrons. The zero-order chi connectivity index (χ0) is 21.2. The van der Waals surface area contributed by atoms with Crippen LogP contribution >= 0.6 is 0 Å². The van der Waals surface area contributed by atoms with Gasteiger partial charge in [-0.15, -0.1) is 0 Å². The third-order valence-corrected chi connectivity index (χ3v) is 5.30. The quantitative estimate of drug-likeness (QED) is 0.189. The number of carbonyl (C=O) groups is 2. The Kier molecular flexibility index (Phi) is 9.11. The second kappa shape index (κ2) is 11.5. The minimum atomic E-state index is -0.920. The summed E-state index contributed by atoms with van der Waals surface area (Å²) in [5.74, 6) is -1.55. The first-order valence-electron chi connectivity index (χ1n) is 10.8. The number of unbranched alkanes of at least 4 members (excludes halogenated alkanes) is 5. The Morgan fingerprint density at radius 2 is 1.45 bits per heavy atom. The van der Waals surface area contributed by atoms with Crippen molar-refractivity contribution in [3.05, 3.63) is 70.3 Å². The molecule has 2 aromatic rings. The maximum absolute atomic E-state index is 13.4. The van der Waals surface area contributed by atoms with Crippen molar-refractivity contribution in [3.8, 4) is 0 Å². The molecule has 0 fully saturated rings. The summed E-state index contributed by atoms with van der Waals surface area (Å²) < 4.78 is 5.55. The number of benzene rings is 2. The third kappa shape index (κ3) is 6.56. The fourth-order valence-corrected chi connectivity index (χ4v) is 3.89. The van der Waals surface area contributed by atoms with Gasteiger partial charge in [0.2, 0.25) is 0 Å². The molecule has 2 aromatic carbocycles. The zero-order valence-electron chi connectivity index (χ0n) is 18.3. The first-order chi connectivity index (χ1) is 14.0. The van der Waals surface area contributed by atoms with Crippen molar-refractivity contribution in [2.75, 3.05) is 6.61 Å². The summed E-state index contributed by atoms with van der Waals surface area (Å²) in [7, 11) is 0. The minimum Gasteiger partial charge on any atom is -0.465 e. The van der Waals surface area contributed by atoms with E-state index in [0.29, 0.717) is 17.7 Å². The molecular formula is C26H34O3. The summed E-state index contributed by atoms with van der Waals surface area (Å²) in [6.45, 7) is 8.43. The molecule has 0 saturated carbocycles. The van der Waals surface area contributed by atoms with Gasteiger partial charge in [-0.05, 0) is 43.9 Å². The molecule has 1 atom stereocenters. The number of hydrogen-bond donors (Lipinski definition) is 0. The van der Waals surface area contributed by atoms with E-state index in [1.807, 2.05) is 63.2 Å². The van der Waals surface area contributed by atoms with E-state index in [1.54, 1.807) is 0 Å². The molecule has 0 aliphatic carbocycles. The lowest BCUT2D eigenvalue weighted by Gasteiger charge is -2.18. The molecule has 2 rings (SSSR count). The van der Waals surface area contributed by atoms with Crippen molar-refractivity contribution in [1.29, 1.82) is 0 Å². The predicted molar refractivity (Wildman–Crippen MR) is 119 cm³/mol. The van der Waals surface area contributed by atoms with Gasteiger partial charge in [-0.25, -0.2) is 0 Å². The molecule has 0 amide bonds. The van der Waals surface area contributed by atoms with Crippen LogP contribution in [0.4, 0.5) is 0 Å². The molecular weight excluding hydrogens is 360 g/mol. The largest absolute Gasteiger partial charge is 0.465 e. The Hall–Kier alpha value is -2.42. The molecule has 156 valence electrons. The fourth-order valence-electron chi connectivity index (χ4n) is 3.89. The standard InChI is InChI=1S/C26H34O3/c1-5-6-7-8-9-13-16-29-26(28)24(22-14-11-10-12-15-22)25(27)23-20(3)17-19(2)18-21(23)4/h10-12,14-15,17-18,24H,5-9,13,16H2,1-4H3. The van der Waals surface area contributed by atoms with Crippen LogP contribution in [0, 0.1) is 20.8 Å². The van der Waals surface area contributed by atoms with Gasteiger partial charge < -0.3 is 4.74 Å². The minimum absolute atomic E-state index is 0.181. The molecule has 0 spiro atoms. The summed E-state index contributed by atoms with van der Waals surface area (Å²) in [6, 6.07) is 13.2. The molecule has 0 saturated heterocycles. The van der Waals surface area contributed by atoms with E-state index in [4.69, 9.17) is 4.74 Å². The van der Waals surface area contributed by atoms with Gasteiger partial charge in [0, 0.05) is 5.56 Å². The normalized spacial score (nSPS) is 11.9. The second-order valence-electron chi connectivity index (χ2n) is 7.92. The Morgan fingerprint density at radius 1 is 0.862 bits per heavy atom. The molecule has 0 aliphatic heterocycles. The van der Waals surface area contributed by atoms with Gasteiger partial charge in [0.25, 0.3) is 0 Å². The Balaban J connectivity index is 2.14. The van der Waals surface area contributed by atoms with Gasteiger partial charge >= 0.3 is 5.97 Å². The lowest BCUT2D eigenvalue weighted by Crippen LogP contribution is -2.26. The van der Waals surface area contributed by atoms with Crippen LogP contribution in [-0.2, 0) is 9.53 Å². The highest BCUT2D eigenvalue weighted by Gasteiger charge is 2.32. The van der Waals surface area contributed by atoms with Crippen LogP contribution in [0.2, 0.25) is 0 Å². The maximum Gasteiger partial charge on any atom is 0.321 e. The van der Waals surface area contributed by atoms with E-state index in [1.165, 1.54) is 19.3 Å². The lowest BCUT2D eigenvalue weighted by atomic mass is 9.86. The van der Waals surface area contributed by atoms with Crippen LogP contribution in [0.25, 0.3) is 0 Å². The first-order valence-corrected chi connectivity index (χ1v) is 10.8. The van der Waals surface area contributed by atoms with Crippen LogP contribution in [0.5, 0.6) is 0 Å². The van der Waals surface area contributed by atoms with E-state index < -0.39 is 11.9 Å². The molecule has 3 heteroatoms. The number of ketones is 1. The van der Waals surface area contributed by atoms with Gasteiger partial charge in [0.1, 0.15) is 5.92 Å². The molecule has 3 nitrogen and oxygen atoms in total. The Labute approximate surface area is 175 Å². The van der Waals surface area contributed by atoms with Crippen LogP contribution in [0.1, 0.15) is 84.0 Å². The Bertz CT molecular complexity index is 785. The zero-order valence-corrected chi connectivity index (χ0v) is 18.3. The molecule has 0 bridgehead atoms. The van der Waals surface area contributed by atoms with E-state index in [-0.39, 0.29) is 5.78 Å². The highest BCUT2D eigenvalue weighted by molar-refractivity contribution is 6.14. The Morgan fingerprint density at radius 3 is 2.07 bits per heavy atom. The van der Waals surface area contributed by atoms with Crippen molar-refractivity contribution in [1.82, 2.24) is 0 Å². The SMILES string of the molecule is CCCCCCCCOC(=O)C(C(=O)c1c(C)cc(C)cc1C)c1ccccc1. The van der Waals surface area contributed by atoms with E-state index in [2.05, 4.69) is 6.92 Å². The predicted octanol–water partition coefficient (Wildman–Crippen LogP) is 6.48. The summed E-state index contributed by atoms with van der Waals surface area (Å²) in [6.07, 6.45) is 6.74. The van der Waals surface area contributed by atoms with Crippen molar-refractivity contribution in [2.24, 2.45) is 0 Å². The number of hydrogen-bond acceptors (Lipinski definition) is 3. The average Bonchev–Trinajstić information content (AvgIpc) is 2.67. The van der Waals surface area contributed by atoms with Crippen LogP contribution in [-0.4, -0.2) is 18.4 Å². The smallest absolute Gasteiger partial charge is 0.321 e. The van der Waals surface area contributed by atoms with Crippen molar-refractivity contribution in [2.45, 2.75) is 72.1 Å². The number of rotatable bonds is 11. The van der Waals surface area contributed by atoms with Gasteiger partial charge in [0.15, 0.2) is 5.78 Å². The van der Waals surface area contributed by atoms with E-state index >= 15 is 0 Å². The highest BCUT2D eigenvalue weighted by Crippen LogP contribution is 2.27. The van der Waals surface area contributed by atoms with E-state index in [9.17, 15) is 9.59 Å². The van der Waals surface area contributed by atoms with Crippen molar-refractivity contribution in [3.63, 3.8) is 0 Å². The summed E-state index contributed by atoms with van der Waals surface area (Å²) in [5, 5.41) is 0. The fraction of sp³-hybridized carbons (Fsp3) is 0.462. The van der Waals surface area contributed by atoms with Crippen molar-refractivity contribution < 1.29 is 14.3 Å². The van der Waals surface area contributed by atoms with Crippen LogP contribution in [0.3, 0.4) is 0 Å². The number of esters is 1. The maximum atomic E-state index is 13.4. The first kappa shape index (κ1) is 22.9. The molecule has 0 heterocycles. The summed E-state index contributed by atoms with van der Waals surface area (Å²) in [4.78, 5) is 26.4. The molecule has 0 N–H and O–H groups in total. The van der Waals surface area contributed by atoms with Gasteiger partial charge in [-0.1, -0.05) is 87.1 Å². The van der Waals surface area contributed by atoms with Gasteiger partial charge in [0.05, 0.1) is 6.61 Å². The summed E-state index contributed by atoms with van der Waals surface area (Å²) >= 11 is 0. The highest BCUT2D eigenvalue weighted by atomic mass is 16.5. The van der Waals surface area contributed by atoms with Crippen LogP contribution < -0.4 is 0 Å². The van der Waals surface area contributed by atoms with Gasteiger partial charge in [-0.3, -0.25) is 9.59 Å². The van der Waals surface area contributed by atoms with E-state index in [0.717, 1.165) is 36.0 Å². The summed E-state index contributed by atoms with van der Waals surface area (Å²) in [5.41, 5.74) is 4.22.